The molecule has 1 saturated heterocycles. The van der Waals surface area contributed by atoms with E-state index in [1.165, 1.54) is 12.1 Å². The first-order chi connectivity index (χ1) is 14.6. The van der Waals surface area contributed by atoms with Crippen LogP contribution in [0.4, 0.5) is 11.6 Å². The lowest BCUT2D eigenvalue weighted by atomic mass is 10.1. The van der Waals surface area contributed by atoms with Crippen molar-refractivity contribution in [2.45, 2.75) is 24.2 Å². The van der Waals surface area contributed by atoms with Crippen molar-refractivity contribution in [1.29, 1.82) is 0 Å². The van der Waals surface area contributed by atoms with Crippen LogP contribution in [0.5, 0.6) is 11.5 Å². The van der Waals surface area contributed by atoms with E-state index in [9.17, 15) is 8.42 Å². The molecule has 3 heterocycles. The minimum atomic E-state index is -3.89. The second kappa shape index (κ2) is 7.64. The van der Waals surface area contributed by atoms with Crippen LogP contribution in [0.3, 0.4) is 0 Å². The van der Waals surface area contributed by atoms with Crippen LogP contribution in [0.15, 0.2) is 47.4 Å². The summed E-state index contributed by atoms with van der Waals surface area (Å²) in [5.41, 5.74) is 1.37. The number of anilines is 2. The molecule has 156 valence electrons. The van der Waals surface area contributed by atoms with Crippen molar-refractivity contribution in [2.75, 3.05) is 35.9 Å². The summed E-state index contributed by atoms with van der Waals surface area (Å²) < 4.78 is 40.0. The molecule has 2 aromatic carbocycles. The van der Waals surface area contributed by atoms with E-state index >= 15 is 0 Å². The molecule has 0 spiro atoms. The Kier molecular flexibility index (Phi) is 4.82. The highest BCUT2D eigenvalue weighted by molar-refractivity contribution is 7.92. The number of para-hydroxylation sites is 2. The summed E-state index contributed by atoms with van der Waals surface area (Å²) in [4.78, 5) is 11.5. The molecule has 1 N–H and O–H groups in total. The molecule has 2 aliphatic heterocycles. The largest absolute Gasteiger partial charge is 0.486 e. The van der Waals surface area contributed by atoms with E-state index in [0.717, 1.165) is 37.9 Å². The smallest absolute Gasteiger partial charge is 0.263 e. The Labute approximate surface area is 174 Å². The maximum atomic E-state index is 13.2. The van der Waals surface area contributed by atoms with Gasteiger partial charge in [-0.2, -0.15) is 0 Å². The Morgan fingerprint density at radius 3 is 2.33 bits per heavy atom. The zero-order chi connectivity index (χ0) is 20.6. The van der Waals surface area contributed by atoms with Gasteiger partial charge in [-0.25, -0.2) is 18.4 Å². The van der Waals surface area contributed by atoms with Crippen molar-refractivity contribution in [1.82, 2.24) is 9.97 Å². The highest BCUT2D eigenvalue weighted by Crippen LogP contribution is 2.34. The number of aromatic nitrogens is 2. The second-order valence-electron chi connectivity index (χ2n) is 7.34. The van der Waals surface area contributed by atoms with Crippen LogP contribution < -0.4 is 19.1 Å². The van der Waals surface area contributed by atoms with Gasteiger partial charge in [0.2, 0.25) is 0 Å². The molecule has 0 aliphatic carbocycles. The number of fused-ring (bicyclic) bond motifs is 2. The lowest BCUT2D eigenvalue weighted by molar-refractivity contribution is 0.171. The third-order valence-corrected chi connectivity index (χ3v) is 6.60. The van der Waals surface area contributed by atoms with E-state index in [1.54, 1.807) is 6.07 Å². The number of rotatable bonds is 4. The molecule has 0 amide bonds. The van der Waals surface area contributed by atoms with Gasteiger partial charge in [-0.15, -0.1) is 0 Å². The molecular formula is C21H22N4O4S. The second-order valence-corrected chi connectivity index (χ2v) is 9.03. The van der Waals surface area contributed by atoms with Gasteiger partial charge in [-0.05, 0) is 43.5 Å². The molecule has 0 saturated carbocycles. The minimum absolute atomic E-state index is 0.0892. The van der Waals surface area contributed by atoms with Gasteiger partial charge >= 0.3 is 0 Å². The van der Waals surface area contributed by atoms with Crippen LogP contribution in [-0.2, 0) is 10.0 Å². The molecule has 3 aromatic rings. The number of piperidine rings is 1. The summed E-state index contributed by atoms with van der Waals surface area (Å²) in [5.74, 6) is 1.77. The Bertz CT molecular complexity index is 1190. The first-order valence-electron chi connectivity index (χ1n) is 10.0. The monoisotopic (exact) mass is 426 g/mol. The molecule has 2 aliphatic rings. The van der Waals surface area contributed by atoms with Gasteiger partial charge < -0.3 is 14.4 Å². The molecule has 30 heavy (non-hydrogen) atoms. The quantitative estimate of drug-likeness (QED) is 0.685. The van der Waals surface area contributed by atoms with Crippen LogP contribution in [-0.4, -0.2) is 44.7 Å². The van der Waals surface area contributed by atoms with Gasteiger partial charge in [0.05, 0.1) is 15.9 Å². The van der Waals surface area contributed by atoms with Crippen molar-refractivity contribution in [3.63, 3.8) is 0 Å². The number of ether oxygens (including phenoxy) is 2. The van der Waals surface area contributed by atoms with Crippen molar-refractivity contribution in [2.24, 2.45) is 0 Å². The molecule has 8 nitrogen and oxygen atoms in total. The van der Waals surface area contributed by atoms with E-state index in [-0.39, 0.29) is 10.7 Å². The Morgan fingerprint density at radius 2 is 1.57 bits per heavy atom. The predicted octanol–water partition coefficient (Wildman–Crippen LogP) is 3.19. The molecule has 0 bridgehead atoms. The van der Waals surface area contributed by atoms with Crippen LogP contribution in [0.25, 0.3) is 11.0 Å². The van der Waals surface area contributed by atoms with Crippen molar-refractivity contribution < 1.29 is 17.9 Å². The van der Waals surface area contributed by atoms with Crippen molar-refractivity contribution >= 4 is 32.7 Å². The summed E-state index contributed by atoms with van der Waals surface area (Å²) in [6.07, 6.45) is 3.25. The Hall–Kier alpha value is -3.07. The standard InChI is InChI=1S/C21H22N4O4S/c26-30(27,15-8-9-18-19(14-15)29-13-12-28-18)24-20-21(25-10-4-1-5-11-25)23-17-7-3-2-6-16(17)22-20/h2-3,6-9,14H,1,4-5,10-13H2,(H,22,24). The van der Waals surface area contributed by atoms with E-state index < -0.39 is 10.0 Å². The predicted molar refractivity (Wildman–Crippen MR) is 114 cm³/mol. The maximum Gasteiger partial charge on any atom is 0.263 e. The average Bonchev–Trinajstić information content (AvgIpc) is 2.78. The lowest BCUT2D eigenvalue weighted by Crippen LogP contribution is -2.31. The fraction of sp³-hybridized carbons (Fsp3) is 0.333. The van der Waals surface area contributed by atoms with Gasteiger partial charge in [-0.1, -0.05) is 12.1 Å². The van der Waals surface area contributed by atoms with Crippen molar-refractivity contribution in [3.05, 3.63) is 42.5 Å². The molecule has 1 aromatic heterocycles. The summed E-state index contributed by atoms with van der Waals surface area (Å²) in [6, 6.07) is 12.1. The van der Waals surface area contributed by atoms with Crippen LogP contribution >= 0.6 is 0 Å². The Morgan fingerprint density at radius 1 is 0.867 bits per heavy atom. The van der Waals surface area contributed by atoms with E-state index in [2.05, 4.69) is 14.6 Å². The molecule has 9 heteroatoms. The number of hydrogen-bond donors (Lipinski definition) is 1. The average molecular weight is 426 g/mol. The maximum absolute atomic E-state index is 13.2. The van der Waals surface area contributed by atoms with Crippen LogP contribution in [0.2, 0.25) is 0 Å². The first kappa shape index (κ1) is 18.9. The summed E-state index contributed by atoms with van der Waals surface area (Å²) in [7, 11) is -3.89. The fourth-order valence-corrected chi connectivity index (χ4v) is 4.78. The van der Waals surface area contributed by atoms with Crippen LogP contribution in [0.1, 0.15) is 19.3 Å². The van der Waals surface area contributed by atoms with Gasteiger partial charge in [0.25, 0.3) is 10.0 Å². The number of nitrogens with one attached hydrogen (secondary N) is 1. The molecule has 0 atom stereocenters. The normalized spacial score (nSPS) is 16.5. The number of sulfonamides is 1. The van der Waals surface area contributed by atoms with E-state index in [1.807, 2.05) is 24.3 Å². The topological polar surface area (TPSA) is 93.7 Å². The molecule has 5 rings (SSSR count). The highest BCUT2D eigenvalue weighted by atomic mass is 32.2. The summed E-state index contributed by atoms with van der Waals surface area (Å²) in [6.45, 7) is 2.49. The van der Waals surface area contributed by atoms with Gasteiger partial charge in [0.1, 0.15) is 13.2 Å². The number of benzene rings is 2. The minimum Gasteiger partial charge on any atom is -0.486 e. The molecule has 1 fully saturated rings. The zero-order valence-electron chi connectivity index (χ0n) is 16.4. The number of nitrogens with zero attached hydrogens (tertiary/aromatic N) is 3. The SMILES string of the molecule is O=S(=O)(Nc1nc2ccccc2nc1N1CCCCC1)c1ccc2c(c1)OCCO2. The fourth-order valence-electron chi connectivity index (χ4n) is 3.76. The Balaban J connectivity index is 1.54. The molecule has 0 radical (unpaired) electrons. The summed E-state index contributed by atoms with van der Waals surface area (Å²) in [5, 5.41) is 0. The van der Waals surface area contributed by atoms with Gasteiger partial charge in [0, 0.05) is 19.2 Å². The summed E-state index contributed by atoms with van der Waals surface area (Å²) >= 11 is 0. The van der Waals surface area contributed by atoms with Gasteiger partial charge in [0.15, 0.2) is 23.1 Å². The van der Waals surface area contributed by atoms with Gasteiger partial charge in [-0.3, -0.25) is 4.72 Å². The molecule has 0 unspecified atom stereocenters. The molecular weight excluding hydrogens is 404 g/mol. The van der Waals surface area contributed by atoms with Crippen LogP contribution in [0, 0.1) is 0 Å². The first-order valence-corrected chi connectivity index (χ1v) is 11.5. The van der Waals surface area contributed by atoms with Crippen molar-refractivity contribution in [3.8, 4) is 11.5 Å². The van der Waals surface area contributed by atoms with E-state index in [0.29, 0.717) is 36.0 Å². The zero-order valence-corrected chi connectivity index (χ0v) is 17.2. The lowest BCUT2D eigenvalue weighted by Gasteiger charge is -2.29. The third-order valence-electron chi connectivity index (χ3n) is 5.26. The number of hydrogen-bond acceptors (Lipinski definition) is 7. The van der Waals surface area contributed by atoms with E-state index in [4.69, 9.17) is 14.5 Å². The highest BCUT2D eigenvalue weighted by Gasteiger charge is 2.24. The third kappa shape index (κ3) is 3.60.